The summed E-state index contributed by atoms with van der Waals surface area (Å²) in [5, 5.41) is 2.97. The standard InChI is InChI=1S/C19H26N4O/c1-4-23(17-9-6-5-7-10-17)18-15-16(11-13-20-18)19(24)21-12-8-14-22(2)3/h5-7,9-11,13,15H,4,8,12,14H2,1-3H3,(H,21,24). The normalized spacial score (nSPS) is 10.7. The van der Waals surface area contributed by atoms with Crippen LogP contribution in [0.2, 0.25) is 0 Å². The summed E-state index contributed by atoms with van der Waals surface area (Å²) in [6, 6.07) is 13.7. The van der Waals surface area contributed by atoms with Crippen LogP contribution >= 0.6 is 0 Å². The summed E-state index contributed by atoms with van der Waals surface area (Å²) in [6.45, 7) is 4.48. The second kappa shape index (κ2) is 9.03. The van der Waals surface area contributed by atoms with E-state index in [0.717, 1.165) is 31.0 Å². The van der Waals surface area contributed by atoms with Crippen molar-refractivity contribution in [3.63, 3.8) is 0 Å². The number of hydrogen-bond donors (Lipinski definition) is 1. The number of para-hydroxylation sites is 1. The van der Waals surface area contributed by atoms with Crippen molar-refractivity contribution in [3.05, 3.63) is 54.2 Å². The highest BCUT2D eigenvalue weighted by molar-refractivity contribution is 5.95. The van der Waals surface area contributed by atoms with E-state index in [9.17, 15) is 4.79 Å². The van der Waals surface area contributed by atoms with E-state index in [2.05, 4.69) is 27.0 Å². The molecular weight excluding hydrogens is 300 g/mol. The van der Waals surface area contributed by atoms with Gasteiger partial charge in [-0.2, -0.15) is 0 Å². The maximum Gasteiger partial charge on any atom is 0.251 e. The van der Waals surface area contributed by atoms with Crippen LogP contribution in [0.3, 0.4) is 0 Å². The van der Waals surface area contributed by atoms with E-state index in [1.165, 1.54) is 0 Å². The number of pyridine rings is 1. The summed E-state index contributed by atoms with van der Waals surface area (Å²) >= 11 is 0. The van der Waals surface area contributed by atoms with Gasteiger partial charge in [0.2, 0.25) is 0 Å². The third kappa shape index (κ3) is 5.06. The fourth-order valence-electron chi connectivity index (χ4n) is 2.49. The molecule has 1 amide bonds. The van der Waals surface area contributed by atoms with Gasteiger partial charge in [0.1, 0.15) is 5.82 Å². The maximum atomic E-state index is 12.3. The highest BCUT2D eigenvalue weighted by Gasteiger charge is 2.12. The lowest BCUT2D eigenvalue weighted by Crippen LogP contribution is -2.27. The summed E-state index contributed by atoms with van der Waals surface area (Å²) in [6.07, 6.45) is 2.62. The molecule has 1 aromatic carbocycles. The van der Waals surface area contributed by atoms with Gasteiger partial charge in [0.15, 0.2) is 0 Å². The molecule has 0 radical (unpaired) electrons. The van der Waals surface area contributed by atoms with Crippen LogP contribution in [0.15, 0.2) is 48.7 Å². The van der Waals surface area contributed by atoms with Gasteiger partial charge in [0, 0.05) is 30.5 Å². The zero-order valence-corrected chi connectivity index (χ0v) is 14.7. The van der Waals surface area contributed by atoms with Crippen molar-refractivity contribution in [2.75, 3.05) is 38.6 Å². The minimum Gasteiger partial charge on any atom is -0.352 e. The van der Waals surface area contributed by atoms with E-state index in [-0.39, 0.29) is 5.91 Å². The van der Waals surface area contributed by atoms with Crippen molar-refractivity contribution in [1.82, 2.24) is 15.2 Å². The van der Waals surface area contributed by atoms with Gasteiger partial charge in [-0.05, 0) is 58.3 Å². The van der Waals surface area contributed by atoms with Crippen LogP contribution in [0, 0.1) is 0 Å². The number of aromatic nitrogens is 1. The lowest BCUT2D eigenvalue weighted by atomic mass is 10.2. The van der Waals surface area contributed by atoms with E-state index in [1.807, 2.05) is 50.5 Å². The molecule has 2 rings (SSSR count). The van der Waals surface area contributed by atoms with Crippen LogP contribution in [-0.2, 0) is 0 Å². The first-order valence-corrected chi connectivity index (χ1v) is 8.33. The molecule has 1 heterocycles. The number of hydrogen-bond acceptors (Lipinski definition) is 4. The minimum atomic E-state index is -0.0541. The second-order valence-electron chi connectivity index (χ2n) is 5.90. The molecule has 5 nitrogen and oxygen atoms in total. The minimum absolute atomic E-state index is 0.0541. The molecule has 2 aromatic rings. The number of carbonyl (C=O) groups excluding carboxylic acids is 1. The Morgan fingerprint density at radius 2 is 1.92 bits per heavy atom. The van der Waals surface area contributed by atoms with Crippen LogP contribution in [-0.4, -0.2) is 49.5 Å². The molecule has 0 bridgehead atoms. The topological polar surface area (TPSA) is 48.5 Å². The van der Waals surface area contributed by atoms with Crippen LogP contribution < -0.4 is 10.2 Å². The summed E-state index contributed by atoms with van der Waals surface area (Å²) in [7, 11) is 4.06. The van der Waals surface area contributed by atoms with Crippen LogP contribution in [0.1, 0.15) is 23.7 Å². The average molecular weight is 326 g/mol. The molecule has 24 heavy (non-hydrogen) atoms. The van der Waals surface area contributed by atoms with Crippen molar-refractivity contribution in [1.29, 1.82) is 0 Å². The van der Waals surface area contributed by atoms with Gasteiger partial charge in [0.25, 0.3) is 5.91 Å². The molecule has 5 heteroatoms. The fourth-order valence-corrected chi connectivity index (χ4v) is 2.49. The Hall–Kier alpha value is -2.40. The number of amides is 1. The molecule has 0 saturated heterocycles. The third-order valence-electron chi connectivity index (χ3n) is 3.74. The summed E-state index contributed by atoms with van der Waals surface area (Å²) < 4.78 is 0. The van der Waals surface area contributed by atoms with Gasteiger partial charge in [-0.3, -0.25) is 4.79 Å². The molecule has 0 fully saturated rings. The summed E-state index contributed by atoms with van der Waals surface area (Å²) in [5.74, 6) is 0.728. The molecule has 0 unspecified atom stereocenters. The molecule has 0 atom stereocenters. The number of benzene rings is 1. The van der Waals surface area contributed by atoms with E-state index in [1.54, 1.807) is 12.3 Å². The summed E-state index contributed by atoms with van der Waals surface area (Å²) in [5.41, 5.74) is 1.70. The molecule has 0 aliphatic rings. The predicted molar refractivity (Wildman–Crippen MR) is 98.9 cm³/mol. The lowest BCUT2D eigenvalue weighted by molar-refractivity contribution is 0.0952. The zero-order valence-electron chi connectivity index (χ0n) is 14.7. The highest BCUT2D eigenvalue weighted by atomic mass is 16.1. The quantitative estimate of drug-likeness (QED) is 0.758. The zero-order chi connectivity index (χ0) is 17.4. The number of carbonyl (C=O) groups is 1. The van der Waals surface area contributed by atoms with Gasteiger partial charge in [-0.1, -0.05) is 18.2 Å². The first-order chi connectivity index (χ1) is 11.6. The Labute approximate surface area is 144 Å². The first kappa shape index (κ1) is 17.9. The van der Waals surface area contributed by atoms with Crippen molar-refractivity contribution in [2.45, 2.75) is 13.3 Å². The maximum absolute atomic E-state index is 12.3. The molecule has 1 N–H and O–H groups in total. The monoisotopic (exact) mass is 326 g/mol. The Balaban J connectivity index is 2.06. The molecule has 1 aromatic heterocycles. The average Bonchev–Trinajstić information content (AvgIpc) is 2.60. The Morgan fingerprint density at radius 3 is 2.58 bits per heavy atom. The van der Waals surface area contributed by atoms with E-state index >= 15 is 0 Å². The number of rotatable bonds is 8. The molecule has 0 aliphatic heterocycles. The van der Waals surface area contributed by atoms with Gasteiger partial charge in [0.05, 0.1) is 0 Å². The SMILES string of the molecule is CCN(c1ccccc1)c1cc(C(=O)NCCCN(C)C)ccn1. The third-order valence-corrected chi connectivity index (χ3v) is 3.74. The molecule has 0 spiro atoms. The van der Waals surface area contributed by atoms with Crippen LogP contribution in [0.4, 0.5) is 11.5 Å². The molecule has 128 valence electrons. The summed E-state index contributed by atoms with van der Waals surface area (Å²) in [4.78, 5) is 20.9. The second-order valence-corrected chi connectivity index (χ2v) is 5.90. The van der Waals surface area contributed by atoms with Gasteiger partial charge in [-0.25, -0.2) is 4.98 Å². The van der Waals surface area contributed by atoms with E-state index in [0.29, 0.717) is 12.1 Å². The Kier molecular flexibility index (Phi) is 6.75. The van der Waals surface area contributed by atoms with E-state index in [4.69, 9.17) is 0 Å². The number of anilines is 2. The van der Waals surface area contributed by atoms with Crippen molar-refractivity contribution in [2.24, 2.45) is 0 Å². The largest absolute Gasteiger partial charge is 0.352 e. The van der Waals surface area contributed by atoms with Crippen LogP contribution in [0.5, 0.6) is 0 Å². The fraction of sp³-hybridized carbons (Fsp3) is 0.368. The predicted octanol–water partition coefficient (Wildman–Crippen LogP) is 2.92. The van der Waals surface area contributed by atoms with Gasteiger partial charge < -0.3 is 15.1 Å². The highest BCUT2D eigenvalue weighted by Crippen LogP contribution is 2.23. The smallest absolute Gasteiger partial charge is 0.251 e. The number of nitrogens with one attached hydrogen (secondary N) is 1. The lowest BCUT2D eigenvalue weighted by Gasteiger charge is -2.22. The molecule has 0 saturated carbocycles. The Morgan fingerprint density at radius 1 is 1.17 bits per heavy atom. The van der Waals surface area contributed by atoms with Crippen LogP contribution in [0.25, 0.3) is 0 Å². The molecule has 0 aliphatic carbocycles. The first-order valence-electron chi connectivity index (χ1n) is 8.33. The van der Waals surface area contributed by atoms with E-state index < -0.39 is 0 Å². The number of nitrogens with zero attached hydrogens (tertiary/aromatic N) is 3. The van der Waals surface area contributed by atoms with Crippen molar-refractivity contribution < 1.29 is 4.79 Å². The van der Waals surface area contributed by atoms with Gasteiger partial charge >= 0.3 is 0 Å². The van der Waals surface area contributed by atoms with Gasteiger partial charge in [-0.15, -0.1) is 0 Å². The Bertz CT molecular complexity index is 643. The van der Waals surface area contributed by atoms with Crippen molar-refractivity contribution >= 4 is 17.4 Å². The van der Waals surface area contributed by atoms with Crippen molar-refractivity contribution in [3.8, 4) is 0 Å². The molecular formula is C19H26N4O.